The lowest BCUT2D eigenvalue weighted by molar-refractivity contribution is -0.153. The predicted octanol–water partition coefficient (Wildman–Crippen LogP) is 1.84. The van der Waals surface area contributed by atoms with E-state index in [0.717, 1.165) is 0 Å². The normalized spacial score (nSPS) is 27.8. The van der Waals surface area contributed by atoms with Crippen LogP contribution >= 0.6 is 0 Å². The van der Waals surface area contributed by atoms with E-state index in [9.17, 15) is 18.7 Å². The first-order valence-corrected chi connectivity index (χ1v) is 7.51. The Morgan fingerprint density at radius 1 is 1.45 bits per heavy atom. The number of alkyl halides is 2. The van der Waals surface area contributed by atoms with Crippen LogP contribution in [0.25, 0.3) is 0 Å². The van der Waals surface area contributed by atoms with Crippen molar-refractivity contribution in [1.29, 1.82) is 0 Å². The Morgan fingerprint density at radius 2 is 2.14 bits per heavy atom. The molecule has 122 valence electrons. The summed E-state index contributed by atoms with van der Waals surface area (Å²) in [5.41, 5.74) is -1.63. The molecule has 0 unspecified atom stereocenters. The maximum Gasteiger partial charge on any atom is 0.252 e. The molecule has 8 heteroatoms. The Bertz CT molecular complexity index is 557. The molecule has 0 spiro atoms. The van der Waals surface area contributed by atoms with E-state index < -0.39 is 29.9 Å². The summed E-state index contributed by atoms with van der Waals surface area (Å²) in [5.74, 6) is 0.00967. The molecule has 1 amide bonds. The lowest BCUT2D eigenvalue weighted by atomic mass is 9.84. The van der Waals surface area contributed by atoms with Crippen molar-refractivity contribution in [2.45, 2.75) is 57.6 Å². The van der Waals surface area contributed by atoms with Gasteiger partial charge in [-0.3, -0.25) is 4.79 Å². The van der Waals surface area contributed by atoms with Crippen LogP contribution in [0.2, 0.25) is 0 Å². The van der Waals surface area contributed by atoms with Crippen molar-refractivity contribution in [3.8, 4) is 0 Å². The Morgan fingerprint density at radius 3 is 2.68 bits per heavy atom. The molecule has 1 saturated heterocycles. The van der Waals surface area contributed by atoms with Crippen molar-refractivity contribution in [3.63, 3.8) is 0 Å². The fourth-order valence-corrected chi connectivity index (χ4v) is 3.54. The largest absolute Gasteiger partial charge is 0.391 e. The molecule has 1 saturated carbocycles. The van der Waals surface area contributed by atoms with Crippen LogP contribution in [0.3, 0.4) is 0 Å². The summed E-state index contributed by atoms with van der Waals surface area (Å²) >= 11 is 0. The van der Waals surface area contributed by atoms with Gasteiger partial charge >= 0.3 is 0 Å². The number of halogens is 2. The van der Waals surface area contributed by atoms with Gasteiger partial charge in [-0.05, 0) is 19.8 Å². The minimum atomic E-state index is -2.70. The van der Waals surface area contributed by atoms with Gasteiger partial charge < -0.3 is 14.5 Å². The summed E-state index contributed by atoms with van der Waals surface area (Å²) in [4.78, 5) is 18.2. The van der Waals surface area contributed by atoms with Crippen LogP contribution in [0.5, 0.6) is 0 Å². The molecule has 0 radical (unpaired) electrons. The minimum Gasteiger partial charge on any atom is -0.391 e. The third kappa shape index (κ3) is 2.39. The number of amides is 1. The monoisotopic (exact) mass is 315 g/mol. The Hall–Kier alpha value is -1.57. The van der Waals surface area contributed by atoms with Crippen molar-refractivity contribution in [2.24, 2.45) is 5.41 Å². The number of hydrogen-bond donors (Lipinski definition) is 1. The first-order chi connectivity index (χ1) is 10.4. The molecule has 1 N–H and O–H groups in total. The van der Waals surface area contributed by atoms with Crippen molar-refractivity contribution in [2.75, 3.05) is 6.54 Å². The molecule has 0 aromatic carbocycles. The molecule has 2 atom stereocenters. The molecule has 3 rings (SSSR count). The van der Waals surface area contributed by atoms with Gasteiger partial charge in [0.1, 0.15) is 11.5 Å². The summed E-state index contributed by atoms with van der Waals surface area (Å²) in [6.07, 6.45) is -1.62. The van der Waals surface area contributed by atoms with E-state index >= 15 is 0 Å². The Kier molecular flexibility index (Phi) is 3.88. The fourth-order valence-electron chi connectivity index (χ4n) is 3.54. The first-order valence-electron chi connectivity index (χ1n) is 7.51. The van der Waals surface area contributed by atoms with Crippen molar-refractivity contribution in [3.05, 3.63) is 11.7 Å². The van der Waals surface area contributed by atoms with Gasteiger partial charge in [-0.25, -0.2) is 8.78 Å². The van der Waals surface area contributed by atoms with Gasteiger partial charge in [0.2, 0.25) is 11.8 Å². The van der Waals surface area contributed by atoms with Crippen LogP contribution in [0.1, 0.15) is 49.9 Å². The summed E-state index contributed by atoms with van der Waals surface area (Å²) in [6, 6.07) is -0.625. The Balaban J connectivity index is 1.89. The second-order valence-electron chi connectivity index (χ2n) is 6.21. The maximum absolute atomic E-state index is 13.6. The number of carbonyl (C=O) groups excluding carboxylic acids is 1. The van der Waals surface area contributed by atoms with Crippen LogP contribution in [0.15, 0.2) is 4.52 Å². The number of aliphatic hydroxyl groups excluding tert-OH is 1. The molecule has 2 fully saturated rings. The van der Waals surface area contributed by atoms with Crippen LogP contribution < -0.4 is 0 Å². The highest BCUT2D eigenvalue weighted by Gasteiger charge is 2.54. The van der Waals surface area contributed by atoms with Crippen LogP contribution in [-0.2, 0) is 4.79 Å². The lowest BCUT2D eigenvalue weighted by Crippen LogP contribution is -2.46. The zero-order valence-corrected chi connectivity index (χ0v) is 12.3. The highest BCUT2D eigenvalue weighted by molar-refractivity contribution is 5.84. The fraction of sp³-hybridized carbons (Fsp3) is 0.786. The van der Waals surface area contributed by atoms with Crippen molar-refractivity contribution in [1.82, 2.24) is 15.0 Å². The highest BCUT2D eigenvalue weighted by atomic mass is 19.3. The number of carbonyl (C=O) groups is 1. The Labute approximate surface area is 126 Å². The van der Waals surface area contributed by atoms with E-state index in [2.05, 4.69) is 10.1 Å². The van der Waals surface area contributed by atoms with E-state index in [-0.39, 0.29) is 31.7 Å². The molecule has 2 heterocycles. The topological polar surface area (TPSA) is 79.5 Å². The van der Waals surface area contributed by atoms with Crippen LogP contribution in [0.4, 0.5) is 8.78 Å². The molecule has 22 heavy (non-hydrogen) atoms. The van der Waals surface area contributed by atoms with Crippen molar-refractivity contribution >= 4 is 5.91 Å². The third-order valence-electron chi connectivity index (χ3n) is 4.71. The van der Waals surface area contributed by atoms with E-state index in [0.29, 0.717) is 18.7 Å². The number of nitrogens with zero attached hydrogens (tertiary/aromatic N) is 3. The molecule has 1 aromatic heterocycles. The molecular weight excluding hydrogens is 296 g/mol. The maximum atomic E-state index is 13.6. The molecule has 1 aromatic rings. The quantitative estimate of drug-likeness (QED) is 0.920. The molecule has 1 aliphatic heterocycles. The summed E-state index contributed by atoms with van der Waals surface area (Å²) < 4.78 is 32.2. The van der Waals surface area contributed by atoms with Crippen LogP contribution in [0, 0.1) is 12.3 Å². The minimum absolute atomic E-state index is 0.0272. The number of aromatic nitrogens is 2. The third-order valence-corrected chi connectivity index (χ3v) is 4.71. The van der Waals surface area contributed by atoms with E-state index in [4.69, 9.17) is 4.52 Å². The smallest absolute Gasteiger partial charge is 0.252 e. The number of rotatable bonds is 3. The number of aliphatic hydroxyl groups is 1. The number of likely N-dealkylation sites (tertiary alicyclic amines) is 1. The van der Waals surface area contributed by atoms with Gasteiger partial charge in [0, 0.05) is 13.0 Å². The SMILES string of the molecule is Cc1noc([C@H]2C[C@@H](O)CN2C(=O)C2(C(F)F)CCCC2)n1. The molecule has 1 aliphatic carbocycles. The van der Waals surface area contributed by atoms with Gasteiger partial charge in [-0.1, -0.05) is 18.0 Å². The number of aryl methyl sites for hydroxylation is 1. The zero-order valence-electron chi connectivity index (χ0n) is 12.3. The molecular formula is C14H19F2N3O3. The second-order valence-corrected chi connectivity index (χ2v) is 6.21. The van der Waals surface area contributed by atoms with E-state index in [1.54, 1.807) is 6.92 Å². The van der Waals surface area contributed by atoms with Crippen LogP contribution in [-0.4, -0.2) is 45.1 Å². The van der Waals surface area contributed by atoms with Gasteiger partial charge in [0.05, 0.1) is 6.10 Å². The van der Waals surface area contributed by atoms with Gasteiger partial charge in [-0.15, -0.1) is 0 Å². The van der Waals surface area contributed by atoms with Gasteiger partial charge in [0.15, 0.2) is 5.82 Å². The summed E-state index contributed by atoms with van der Waals surface area (Å²) in [6.45, 7) is 1.67. The number of β-amino-alcohol motifs (C(OH)–C–C–N with tert-alkyl or cyclic N) is 1. The summed E-state index contributed by atoms with van der Waals surface area (Å²) in [7, 11) is 0. The summed E-state index contributed by atoms with van der Waals surface area (Å²) in [5, 5.41) is 13.6. The predicted molar refractivity (Wildman–Crippen MR) is 71.0 cm³/mol. The number of hydrogen-bond acceptors (Lipinski definition) is 5. The van der Waals surface area contributed by atoms with Gasteiger partial charge in [0.25, 0.3) is 6.43 Å². The average Bonchev–Trinajstić information content (AvgIpc) is 3.16. The molecule has 6 nitrogen and oxygen atoms in total. The van der Waals surface area contributed by atoms with Gasteiger partial charge in [-0.2, -0.15) is 4.98 Å². The second kappa shape index (κ2) is 5.57. The molecule has 2 aliphatic rings. The molecule has 0 bridgehead atoms. The zero-order chi connectivity index (χ0) is 15.9. The standard InChI is InChI=1S/C14H19F2N3O3/c1-8-17-11(22-18-8)10-6-9(20)7-19(10)13(21)14(12(15)16)4-2-3-5-14/h9-10,12,20H,2-7H2,1H3/t9-,10-/m1/s1. The van der Waals surface area contributed by atoms with Crippen molar-refractivity contribution < 1.29 is 23.2 Å². The van der Waals surface area contributed by atoms with E-state index in [1.807, 2.05) is 0 Å². The highest BCUT2D eigenvalue weighted by Crippen LogP contribution is 2.47. The average molecular weight is 315 g/mol. The first kappa shape index (κ1) is 15.3. The van der Waals surface area contributed by atoms with E-state index in [1.165, 1.54) is 4.90 Å². The lowest BCUT2D eigenvalue weighted by Gasteiger charge is -2.33.